The fourth-order valence-corrected chi connectivity index (χ4v) is 2.66. The Morgan fingerprint density at radius 2 is 2.12 bits per heavy atom. The number of rotatable bonds is 4. The van der Waals surface area contributed by atoms with E-state index >= 15 is 0 Å². The van der Waals surface area contributed by atoms with Gasteiger partial charge >= 0.3 is 0 Å². The average Bonchev–Trinajstić information content (AvgIpc) is 3.02. The highest BCUT2D eigenvalue weighted by Crippen LogP contribution is 2.24. The van der Waals surface area contributed by atoms with Crippen molar-refractivity contribution in [1.82, 2.24) is 15.4 Å². The molecule has 1 aromatic heterocycles. The van der Waals surface area contributed by atoms with Crippen LogP contribution in [0.15, 0.2) is 52.0 Å². The van der Waals surface area contributed by atoms with Crippen LogP contribution in [-0.2, 0) is 4.79 Å². The maximum Gasteiger partial charge on any atom is 0.239 e. The molecule has 0 unspecified atom stereocenters. The molecule has 2 aromatic carbocycles. The maximum absolute atomic E-state index is 10.9. The molecule has 0 aliphatic heterocycles. The summed E-state index contributed by atoms with van der Waals surface area (Å²) in [6, 6.07) is 13.6. The molecule has 0 aliphatic carbocycles. The third-order valence-corrected chi connectivity index (χ3v) is 4.03. The Labute approximate surface area is 160 Å². The Morgan fingerprint density at radius 1 is 1.35 bits per heavy atom. The maximum atomic E-state index is 10.9. The van der Waals surface area contributed by atoms with Crippen LogP contribution >= 0.6 is 15.9 Å². The van der Waals surface area contributed by atoms with Crippen LogP contribution in [0.2, 0.25) is 0 Å². The van der Waals surface area contributed by atoms with Crippen molar-refractivity contribution < 1.29 is 9.53 Å². The summed E-state index contributed by atoms with van der Waals surface area (Å²) in [6.45, 7) is 3.73. The standard InChI is InChI=1S/C11H13BrN2O2.C8H8N2/c1-3-11(15)14-13-7-8-4-5-10(16-2)9(12)6-8;1-6-9-7-4-2-3-5-8(7)10-6/h4-7H,3H2,1-2H3,(H,14,15);2-5H,1H3,(H,9,10)/b13-7+;. The van der Waals surface area contributed by atoms with Gasteiger partial charge in [0, 0.05) is 6.42 Å². The average molecular weight is 417 g/mol. The number of benzene rings is 2. The number of amides is 1. The van der Waals surface area contributed by atoms with Gasteiger partial charge < -0.3 is 9.72 Å². The fraction of sp³-hybridized carbons (Fsp3) is 0.211. The number of ether oxygens (including phenoxy) is 1. The smallest absolute Gasteiger partial charge is 0.239 e. The molecular weight excluding hydrogens is 396 g/mol. The number of para-hydroxylation sites is 2. The van der Waals surface area contributed by atoms with Crippen LogP contribution in [0.25, 0.3) is 11.0 Å². The van der Waals surface area contributed by atoms with E-state index in [-0.39, 0.29) is 5.91 Å². The molecule has 0 fully saturated rings. The Balaban J connectivity index is 0.000000206. The van der Waals surface area contributed by atoms with Crippen molar-refractivity contribution in [2.45, 2.75) is 20.3 Å². The van der Waals surface area contributed by atoms with Gasteiger partial charge in [-0.15, -0.1) is 0 Å². The molecule has 0 bridgehead atoms. The first-order chi connectivity index (χ1) is 12.5. The predicted octanol–water partition coefficient (Wildman–Crippen LogP) is 4.19. The molecule has 0 radical (unpaired) electrons. The van der Waals surface area contributed by atoms with Crippen LogP contribution in [0, 0.1) is 6.92 Å². The number of imidazole rings is 1. The topological polar surface area (TPSA) is 79.4 Å². The highest BCUT2D eigenvalue weighted by molar-refractivity contribution is 9.10. The zero-order valence-corrected chi connectivity index (χ0v) is 16.5. The summed E-state index contributed by atoms with van der Waals surface area (Å²) in [4.78, 5) is 18.3. The van der Waals surface area contributed by atoms with Crippen LogP contribution in [0.1, 0.15) is 24.7 Å². The zero-order valence-electron chi connectivity index (χ0n) is 14.9. The number of carbonyl (C=O) groups is 1. The number of nitrogens with one attached hydrogen (secondary N) is 2. The van der Waals surface area contributed by atoms with Crippen LogP contribution < -0.4 is 10.2 Å². The summed E-state index contributed by atoms with van der Waals surface area (Å²) < 4.78 is 5.95. The van der Waals surface area contributed by atoms with Crippen molar-refractivity contribution in [3.63, 3.8) is 0 Å². The molecule has 1 amide bonds. The van der Waals surface area contributed by atoms with Crippen molar-refractivity contribution in [1.29, 1.82) is 0 Å². The van der Waals surface area contributed by atoms with Crippen LogP contribution in [0.3, 0.4) is 0 Å². The number of H-pyrrole nitrogens is 1. The molecule has 0 atom stereocenters. The summed E-state index contributed by atoms with van der Waals surface area (Å²) in [5.41, 5.74) is 5.44. The van der Waals surface area contributed by atoms with E-state index in [1.165, 1.54) is 0 Å². The molecule has 1 heterocycles. The summed E-state index contributed by atoms with van der Waals surface area (Å²) in [5, 5.41) is 3.82. The normalized spacial score (nSPS) is 10.5. The highest BCUT2D eigenvalue weighted by Gasteiger charge is 1.99. The number of aromatic nitrogens is 2. The second-order valence-electron chi connectivity index (χ2n) is 5.38. The van der Waals surface area contributed by atoms with Gasteiger partial charge in [-0.1, -0.05) is 19.1 Å². The fourth-order valence-electron chi connectivity index (χ4n) is 2.10. The van der Waals surface area contributed by atoms with E-state index in [2.05, 4.69) is 36.4 Å². The summed E-state index contributed by atoms with van der Waals surface area (Å²) in [7, 11) is 1.61. The molecule has 3 aromatic rings. The molecule has 7 heteroatoms. The van der Waals surface area contributed by atoms with E-state index in [0.29, 0.717) is 6.42 Å². The minimum atomic E-state index is -0.108. The number of hydrogen-bond acceptors (Lipinski definition) is 4. The largest absolute Gasteiger partial charge is 0.496 e. The lowest BCUT2D eigenvalue weighted by Gasteiger charge is -2.03. The van der Waals surface area contributed by atoms with Gasteiger partial charge in [0.05, 0.1) is 28.8 Å². The Hall–Kier alpha value is -2.67. The molecule has 136 valence electrons. The summed E-state index contributed by atoms with van der Waals surface area (Å²) in [5.74, 6) is 1.62. The van der Waals surface area contributed by atoms with Crippen LogP contribution in [0.5, 0.6) is 5.75 Å². The number of carbonyl (C=O) groups excluding carboxylic acids is 1. The molecule has 0 saturated carbocycles. The lowest BCUT2D eigenvalue weighted by atomic mass is 10.2. The van der Waals surface area contributed by atoms with Gasteiger partial charge in [-0.2, -0.15) is 5.10 Å². The van der Waals surface area contributed by atoms with Gasteiger partial charge in [0.1, 0.15) is 11.6 Å². The monoisotopic (exact) mass is 416 g/mol. The molecule has 3 rings (SSSR count). The number of hydrazone groups is 1. The quantitative estimate of drug-likeness (QED) is 0.494. The van der Waals surface area contributed by atoms with Crippen LogP contribution in [-0.4, -0.2) is 29.2 Å². The number of fused-ring (bicyclic) bond motifs is 1. The van der Waals surface area contributed by atoms with E-state index in [9.17, 15) is 4.79 Å². The molecule has 2 N–H and O–H groups in total. The molecule has 0 saturated heterocycles. The number of hydrogen-bond donors (Lipinski definition) is 2. The van der Waals surface area contributed by atoms with Crippen molar-refractivity contribution in [2.24, 2.45) is 5.10 Å². The van der Waals surface area contributed by atoms with E-state index in [1.807, 2.05) is 49.4 Å². The minimum absolute atomic E-state index is 0.108. The minimum Gasteiger partial charge on any atom is -0.496 e. The molecule has 0 spiro atoms. The van der Waals surface area contributed by atoms with E-state index < -0.39 is 0 Å². The van der Waals surface area contributed by atoms with Crippen LogP contribution in [0.4, 0.5) is 0 Å². The second kappa shape index (κ2) is 9.72. The van der Waals surface area contributed by atoms with Gasteiger partial charge in [-0.25, -0.2) is 10.4 Å². The van der Waals surface area contributed by atoms with E-state index in [4.69, 9.17) is 4.74 Å². The third-order valence-electron chi connectivity index (χ3n) is 3.41. The first-order valence-electron chi connectivity index (χ1n) is 8.10. The second-order valence-corrected chi connectivity index (χ2v) is 6.23. The number of nitrogens with zero attached hydrogens (tertiary/aromatic N) is 2. The SMILES string of the molecule is CCC(=O)N/N=C/c1ccc(OC)c(Br)c1.Cc1nc2ccccc2[nH]1. The number of halogens is 1. The number of methoxy groups -OCH3 is 1. The first-order valence-corrected chi connectivity index (χ1v) is 8.89. The van der Waals surface area contributed by atoms with Crippen molar-refractivity contribution >= 4 is 39.1 Å². The van der Waals surface area contributed by atoms with Gasteiger partial charge in [0.25, 0.3) is 0 Å². The predicted molar refractivity (Wildman–Crippen MR) is 108 cm³/mol. The van der Waals surface area contributed by atoms with E-state index in [1.54, 1.807) is 20.2 Å². The van der Waals surface area contributed by atoms with Gasteiger partial charge in [0.2, 0.25) is 5.91 Å². The summed E-state index contributed by atoms with van der Waals surface area (Å²) >= 11 is 3.37. The molecule has 6 nitrogen and oxygen atoms in total. The third kappa shape index (κ3) is 5.70. The van der Waals surface area contributed by atoms with Crippen molar-refractivity contribution in [3.8, 4) is 5.75 Å². The molecule has 26 heavy (non-hydrogen) atoms. The Morgan fingerprint density at radius 3 is 2.77 bits per heavy atom. The molecular formula is C19H21BrN4O2. The Bertz CT molecular complexity index is 872. The Kier molecular flexibility index (Phi) is 7.35. The van der Waals surface area contributed by atoms with Crippen molar-refractivity contribution in [2.75, 3.05) is 7.11 Å². The number of aryl methyl sites for hydroxylation is 1. The van der Waals surface area contributed by atoms with Gasteiger partial charge in [0.15, 0.2) is 0 Å². The first kappa shape index (κ1) is 19.7. The lowest BCUT2D eigenvalue weighted by molar-refractivity contribution is -0.120. The highest BCUT2D eigenvalue weighted by atomic mass is 79.9. The van der Waals surface area contributed by atoms with Gasteiger partial charge in [-0.05, 0) is 58.7 Å². The zero-order chi connectivity index (χ0) is 18.9. The lowest BCUT2D eigenvalue weighted by Crippen LogP contribution is -2.15. The van der Waals surface area contributed by atoms with Crippen molar-refractivity contribution in [3.05, 3.63) is 58.3 Å². The summed E-state index contributed by atoms with van der Waals surface area (Å²) in [6.07, 6.45) is 2.00. The van der Waals surface area contributed by atoms with Gasteiger partial charge in [-0.3, -0.25) is 4.79 Å². The molecule has 0 aliphatic rings. The van der Waals surface area contributed by atoms with E-state index in [0.717, 1.165) is 32.6 Å². The number of aromatic amines is 1.